The standard InChI is InChI=1S/C32H40N2O3S/c1-6-25(4)33-32(36)30(19-26-11-8-7-9-12-26)34(20-27-13-10-14-29(18-27)37-5)31(35)22-38-21-28-16-23(2)15-24(3)17-28/h7-18,25,30H,6,19-22H2,1-5H3,(H,33,36)/t25-,30-/m0/s1. The molecule has 0 aliphatic carbocycles. The fourth-order valence-corrected chi connectivity index (χ4v) is 5.30. The lowest BCUT2D eigenvalue weighted by molar-refractivity contribution is -0.139. The highest BCUT2D eigenvalue weighted by atomic mass is 32.2. The van der Waals surface area contributed by atoms with Crippen molar-refractivity contribution in [2.45, 2.75) is 64.9 Å². The molecule has 6 heteroatoms. The molecule has 3 aromatic carbocycles. The number of rotatable bonds is 13. The summed E-state index contributed by atoms with van der Waals surface area (Å²) in [6.07, 6.45) is 1.26. The van der Waals surface area contributed by atoms with Gasteiger partial charge in [-0.3, -0.25) is 9.59 Å². The van der Waals surface area contributed by atoms with Gasteiger partial charge in [-0.25, -0.2) is 0 Å². The van der Waals surface area contributed by atoms with E-state index in [0.29, 0.717) is 18.7 Å². The van der Waals surface area contributed by atoms with Crippen molar-refractivity contribution in [1.29, 1.82) is 0 Å². The quantitative estimate of drug-likeness (QED) is 0.289. The van der Waals surface area contributed by atoms with Crippen molar-refractivity contribution >= 4 is 23.6 Å². The van der Waals surface area contributed by atoms with Crippen LogP contribution < -0.4 is 10.1 Å². The number of benzene rings is 3. The zero-order valence-corrected chi connectivity index (χ0v) is 24.0. The maximum atomic E-state index is 13.8. The number of carbonyl (C=O) groups excluding carboxylic acids is 2. The SMILES string of the molecule is CC[C@H](C)NC(=O)[C@H](Cc1ccccc1)N(Cc1cccc(OC)c1)C(=O)CSCc1cc(C)cc(C)c1. The second-order valence-electron chi connectivity index (χ2n) is 9.89. The Bertz CT molecular complexity index is 1180. The lowest BCUT2D eigenvalue weighted by Crippen LogP contribution is -2.52. The van der Waals surface area contributed by atoms with Crippen molar-refractivity contribution in [2.24, 2.45) is 0 Å². The molecule has 0 unspecified atom stereocenters. The van der Waals surface area contributed by atoms with Crippen LogP contribution in [0.15, 0.2) is 72.8 Å². The summed E-state index contributed by atoms with van der Waals surface area (Å²) in [6.45, 7) is 8.54. The molecule has 2 atom stereocenters. The van der Waals surface area contributed by atoms with Gasteiger partial charge in [-0.05, 0) is 56.0 Å². The third-order valence-electron chi connectivity index (χ3n) is 6.53. The fraction of sp³-hybridized carbons (Fsp3) is 0.375. The number of amides is 2. The van der Waals surface area contributed by atoms with Crippen molar-refractivity contribution in [3.05, 3.63) is 101 Å². The molecule has 5 nitrogen and oxygen atoms in total. The van der Waals surface area contributed by atoms with Gasteiger partial charge in [0.05, 0.1) is 12.9 Å². The minimum atomic E-state index is -0.632. The van der Waals surface area contributed by atoms with Crippen LogP contribution in [0.25, 0.3) is 0 Å². The maximum Gasteiger partial charge on any atom is 0.243 e. The molecule has 2 amide bonds. The molecule has 38 heavy (non-hydrogen) atoms. The van der Waals surface area contributed by atoms with Crippen LogP contribution in [0.5, 0.6) is 5.75 Å². The second-order valence-corrected chi connectivity index (χ2v) is 10.9. The molecule has 0 fully saturated rings. The molecular weight excluding hydrogens is 492 g/mol. The van der Waals surface area contributed by atoms with Crippen LogP contribution in [-0.4, -0.2) is 41.7 Å². The number of aryl methyl sites for hydroxylation is 2. The van der Waals surface area contributed by atoms with E-state index < -0.39 is 6.04 Å². The highest BCUT2D eigenvalue weighted by Gasteiger charge is 2.31. The van der Waals surface area contributed by atoms with Crippen molar-refractivity contribution in [2.75, 3.05) is 12.9 Å². The van der Waals surface area contributed by atoms with Crippen LogP contribution in [0.1, 0.15) is 48.1 Å². The van der Waals surface area contributed by atoms with Gasteiger partial charge in [0, 0.05) is 24.8 Å². The molecule has 0 bridgehead atoms. The third kappa shape index (κ3) is 8.95. The Morgan fingerprint density at radius 1 is 0.921 bits per heavy atom. The first-order valence-electron chi connectivity index (χ1n) is 13.2. The Kier molecular flexibility index (Phi) is 11.3. The summed E-state index contributed by atoms with van der Waals surface area (Å²) in [5.74, 6) is 1.58. The number of nitrogens with zero attached hydrogens (tertiary/aromatic N) is 1. The molecule has 0 saturated carbocycles. The van der Waals surface area contributed by atoms with E-state index in [9.17, 15) is 9.59 Å². The zero-order chi connectivity index (χ0) is 27.5. The summed E-state index contributed by atoms with van der Waals surface area (Å²) in [7, 11) is 1.63. The van der Waals surface area contributed by atoms with Crippen LogP contribution in [0.4, 0.5) is 0 Å². The summed E-state index contributed by atoms with van der Waals surface area (Å²) in [4.78, 5) is 29.2. The number of hydrogen-bond acceptors (Lipinski definition) is 4. The number of nitrogens with one attached hydrogen (secondary N) is 1. The lowest BCUT2D eigenvalue weighted by atomic mass is 10.0. The Morgan fingerprint density at radius 3 is 2.26 bits per heavy atom. The first-order chi connectivity index (χ1) is 18.3. The Hall–Kier alpha value is -3.25. The zero-order valence-electron chi connectivity index (χ0n) is 23.2. The molecule has 3 rings (SSSR count). The largest absolute Gasteiger partial charge is 0.497 e. The topological polar surface area (TPSA) is 58.6 Å². The molecular formula is C32H40N2O3S. The van der Waals surface area contributed by atoms with E-state index in [1.165, 1.54) is 16.7 Å². The van der Waals surface area contributed by atoms with E-state index in [2.05, 4.69) is 37.4 Å². The molecule has 202 valence electrons. The summed E-state index contributed by atoms with van der Waals surface area (Å²) in [5, 5.41) is 3.12. The van der Waals surface area contributed by atoms with Crippen LogP contribution >= 0.6 is 11.8 Å². The summed E-state index contributed by atoms with van der Waals surface area (Å²) in [6, 6.07) is 23.5. The Labute approximate surface area is 232 Å². The van der Waals surface area contributed by atoms with E-state index in [1.807, 2.05) is 68.4 Å². The Balaban J connectivity index is 1.88. The molecule has 0 saturated heterocycles. The van der Waals surface area contributed by atoms with Crippen molar-refractivity contribution in [1.82, 2.24) is 10.2 Å². The van der Waals surface area contributed by atoms with Gasteiger partial charge in [0.15, 0.2) is 0 Å². The van der Waals surface area contributed by atoms with Gasteiger partial charge in [-0.15, -0.1) is 11.8 Å². The second kappa shape index (κ2) is 14.6. The van der Waals surface area contributed by atoms with Crippen LogP contribution in [-0.2, 0) is 28.3 Å². The van der Waals surface area contributed by atoms with Gasteiger partial charge in [-0.1, -0.05) is 78.7 Å². The van der Waals surface area contributed by atoms with E-state index in [4.69, 9.17) is 4.74 Å². The molecule has 0 heterocycles. The number of thioether (sulfide) groups is 1. The molecule has 3 aromatic rings. The first-order valence-corrected chi connectivity index (χ1v) is 14.4. The number of carbonyl (C=O) groups is 2. The summed E-state index contributed by atoms with van der Waals surface area (Å²) in [5.41, 5.74) is 5.58. The molecule has 0 aromatic heterocycles. The van der Waals surface area contributed by atoms with E-state index in [1.54, 1.807) is 23.8 Å². The van der Waals surface area contributed by atoms with Crippen LogP contribution in [0.2, 0.25) is 0 Å². The van der Waals surface area contributed by atoms with Gasteiger partial charge in [-0.2, -0.15) is 0 Å². The molecule has 0 aliphatic heterocycles. The van der Waals surface area contributed by atoms with Crippen LogP contribution in [0, 0.1) is 13.8 Å². The lowest BCUT2D eigenvalue weighted by Gasteiger charge is -2.32. The highest BCUT2D eigenvalue weighted by Crippen LogP contribution is 2.21. The average Bonchev–Trinajstić information content (AvgIpc) is 2.90. The van der Waals surface area contributed by atoms with Gasteiger partial charge < -0.3 is 15.0 Å². The van der Waals surface area contributed by atoms with E-state index in [0.717, 1.165) is 29.1 Å². The molecule has 1 N–H and O–H groups in total. The minimum absolute atomic E-state index is 0.0217. The van der Waals surface area contributed by atoms with Crippen molar-refractivity contribution in [3.8, 4) is 5.75 Å². The van der Waals surface area contributed by atoms with Gasteiger partial charge in [0.25, 0.3) is 0 Å². The molecule has 0 spiro atoms. The average molecular weight is 533 g/mol. The Morgan fingerprint density at radius 2 is 1.61 bits per heavy atom. The van der Waals surface area contributed by atoms with Gasteiger partial charge in [0.1, 0.15) is 11.8 Å². The highest BCUT2D eigenvalue weighted by molar-refractivity contribution is 7.99. The summed E-state index contributed by atoms with van der Waals surface area (Å²) >= 11 is 1.58. The normalized spacial score (nSPS) is 12.4. The molecule has 0 radical (unpaired) electrons. The maximum absolute atomic E-state index is 13.8. The fourth-order valence-electron chi connectivity index (χ4n) is 4.45. The van der Waals surface area contributed by atoms with Crippen molar-refractivity contribution < 1.29 is 14.3 Å². The predicted octanol–water partition coefficient (Wildman–Crippen LogP) is 6.10. The van der Waals surface area contributed by atoms with Gasteiger partial charge in [0.2, 0.25) is 11.8 Å². The first kappa shape index (κ1) is 29.3. The molecule has 0 aliphatic rings. The predicted molar refractivity (Wildman–Crippen MR) is 157 cm³/mol. The number of methoxy groups -OCH3 is 1. The number of hydrogen-bond donors (Lipinski definition) is 1. The van der Waals surface area contributed by atoms with Crippen LogP contribution in [0.3, 0.4) is 0 Å². The van der Waals surface area contributed by atoms with E-state index >= 15 is 0 Å². The van der Waals surface area contributed by atoms with Gasteiger partial charge >= 0.3 is 0 Å². The third-order valence-corrected chi connectivity index (χ3v) is 7.52. The number of ether oxygens (including phenoxy) is 1. The van der Waals surface area contributed by atoms with Crippen molar-refractivity contribution in [3.63, 3.8) is 0 Å². The minimum Gasteiger partial charge on any atom is -0.497 e. The summed E-state index contributed by atoms with van der Waals surface area (Å²) < 4.78 is 5.41. The van der Waals surface area contributed by atoms with E-state index in [-0.39, 0.29) is 17.9 Å². The monoisotopic (exact) mass is 532 g/mol. The smallest absolute Gasteiger partial charge is 0.243 e.